The van der Waals surface area contributed by atoms with Gasteiger partial charge in [0.15, 0.2) is 0 Å². The SMILES string of the molecule is CC1CCN(S(=O)(=O)NC(C(=O)O)c2ccccc2)CC1. The Bertz CT molecular complexity index is 580. The lowest BCUT2D eigenvalue weighted by molar-refractivity contribution is -0.139. The average Bonchev–Trinajstić information content (AvgIpc) is 2.46. The van der Waals surface area contributed by atoms with Crippen molar-refractivity contribution in [1.82, 2.24) is 9.03 Å². The van der Waals surface area contributed by atoms with Crippen molar-refractivity contribution in [3.8, 4) is 0 Å². The number of carboxylic acids is 1. The molecule has 116 valence electrons. The zero-order valence-electron chi connectivity index (χ0n) is 11.9. The van der Waals surface area contributed by atoms with Gasteiger partial charge in [-0.2, -0.15) is 17.4 Å². The molecule has 7 heteroatoms. The van der Waals surface area contributed by atoms with Crippen molar-refractivity contribution in [3.63, 3.8) is 0 Å². The molecule has 0 spiro atoms. The van der Waals surface area contributed by atoms with E-state index in [0.717, 1.165) is 12.8 Å². The number of nitrogens with one attached hydrogen (secondary N) is 1. The fourth-order valence-corrected chi connectivity index (χ4v) is 3.73. The normalized spacial score (nSPS) is 19.3. The summed E-state index contributed by atoms with van der Waals surface area (Å²) in [7, 11) is -3.80. The molecule has 1 heterocycles. The Hall–Kier alpha value is -1.44. The predicted molar refractivity (Wildman–Crippen MR) is 78.8 cm³/mol. The molecule has 1 saturated heterocycles. The van der Waals surface area contributed by atoms with Gasteiger partial charge in [-0.3, -0.25) is 4.79 Å². The summed E-state index contributed by atoms with van der Waals surface area (Å²) in [6.07, 6.45) is 1.59. The molecular formula is C14H20N2O4S. The molecule has 0 bridgehead atoms. The van der Waals surface area contributed by atoms with Crippen molar-refractivity contribution >= 4 is 16.2 Å². The number of benzene rings is 1. The molecule has 1 aromatic rings. The summed E-state index contributed by atoms with van der Waals surface area (Å²) >= 11 is 0. The van der Waals surface area contributed by atoms with E-state index < -0.39 is 22.2 Å². The number of piperidine rings is 1. The van der Waals surface area contributed by atoms with Crippen molar-refractivity contribution in [1.29, 1.82) is 0 Å². The first-order valence-electron chi connectivity index (χ1n) is 6.95. The average molecular weight is 312 g/mol. The maximum Gasteiger partial charge on any atom is 0.326 e. The number of hydrogen-bond acceptors (Lipinski definition) is 3. The number of carbonyl (C=O) groups is 1. The van der Waals surface area contributed by atoms with Gasteiger partial charge >= 0.3 is 5.97 Å². The zero-order chi connectivity index (χ0) is 15.5. The Kier molecular flexibility index (Phi) is 4.97. The van der Waals surface area contributed by atoms with E-state index >= 15 is 0 Å². The highest BCUT2D eigenvalue weighted by Crippen LogP contribution is 2.20. The highest BCUT2D eigenvalue weighted by atomic mass is 32.2. The molecule has 2 N–H and O–H groups in total. The minimum absolute atomic E-state index is 0.416. The lowest BCUT2D eigenvalue weighted by Crippen LogP contribution is -2.47. The Morgan fingerprint density at radius 1 is 1.29 bits per heavy atom. The van der Waals surface area contributed by atoms with E-state index in [-0.39, 0.29) is 0 Å². The van der Waals surface area contributed by atoms with E-state index in [9.17, 15) is 18.3 Å². The lowest BCUT2D eigenvalue weighted by atomic mass is 10.0. The maximum absolute atomic E-state index is 12.3. The number of hydrogen-bond donors (Lipinski definition) is 2. The second kappa shape index (κ2) is 6.55. The predicted octanol–water partition coefficient (Wildman–Crippen LogP) is 1.38. The molecule has 0 aliphatic carbocycles. The summed E-state index contributed by atoms with van der Waals surface area (Å²) in [5.41, 5.74) is 0.416. The number of aliphatic carboxylic acids is 1. The van der Waals surface area contributed by atoms with Crippen molar-refractivity contribution in [2.45, 2.75) is 25.8 Å². The fourth-order valence-electron chi connectivity index (χ4n) is 2.36. The van der Waals surface area contributed by atoms with Crippen LogP contribution in [0.1, 0.15) is 31.4 Å². The molecule has 1 unspecified atom stereocenters. The van der Waals surface area contributed by atoms with Crippen LogP contribution < -0.4 is 4.72 Å². The van der Waals surface area contributed by atoms with E-state index in [4.69, 9.17) is 0 Å². The number of nitrogens with zero attached hydrogens (tertiary/aromatic N) is 1. The number of rotatable bonds is 5. The molecular weight excluding hydrogens is 292 g/mol. The highest BCUT2D eigenvalue weighted by Gasteiger charge is 2.31. The van der Waals surface area contributed by atoms with E-state index in [0.29, 0.717) is 24.6 Å². The van der Waals surface area contributed by atoms with Crippen LogP contribution in [0.25, 0.3) is 0 Å². The largest absolute Gasteiger partial charge is 0.480 e. The first-order valence-corrected chi connectivity index (χ1v) is 8.39. The van der Waals surface area contributed by atoms with Crippen LogP contribution in [0.15, 0.2) is 30.3 Å². The summed E-state index contributed by atoms with van der Waals surface area (Å²) < 4.78 is 28.3. The van der Waals surface area contributed by atoms with Crippen LogP contribution in [0.3, 0.4) is 0 Å². The lowest BCUT2D eigenvalue weighted by Gasteiger charge is -2.30. The van der Waals surface area contributed by atoms with Crippen LogP contribution in [0.4, 0.5) is 0 Å². The van der Waals surface area contributed by atoms with Crippen LogP contribution >= 0.6 is 0 Å². The smallest absolute Gasteiger partial charge is 0.326 e. The van der Waals surface area contributed by atoms with Gasteiger partial charge in [-0.05, 0) is 24.3 Å². The molecule has 1 aliphatic rings. The van der Waals surface area contributed by atoms with Crippen molar-refractivity contribution in [2.24, 2.45) is 5.92 Å². The molecule has 0 aromatic heterocycles. The van der Waals surface area contributed by atoms with Gasteiger partial charge < -0.3 is 5.11 Å². The third kappa shape index (κ3) is 4.03. The van der Waals surface area contributed by atoms with Gasteiger partial charge in [0, 0.05) is 13.1 Å². The summed E-state index contributed by atoms with van der Waals surface area (Å²) in [6.45, 7) is 2.94. The quantitative estimate of drug-likeness (QED) is 0.860. The second-order valence-electron chi connectivity index (χ2n) is 5.39. The highest BCUT2D eigenvalue weighted by molar-refractivity contribution is 7.87. The van der Waals surface area contributed by atoms with E-state index in [1.807, 2.05) is 0 Å². The van der Waals surface area contributed by atoms with Gasteiger partial charge in [0.25, 0.3) is 10.2 Å². The molecule has 0 amide bonds. The monoisotopic (exact) mass is 312 g/mol. The Balaban J connectivity index is 2.15. The Labute approximate surface area is 125 Å². The molecule has 1 fully saturated rings. The van der Waals surface area contributed by atoms with Crippen LogP contribution in [0.2, 0.25) is 0 Å². The Morgan fingerprint density at radius 3 is 2.38 bits per heavy atom. The third-order valence-electron chi connectivity index (χ3n) is 3.73. The zero-order valence-corrected chi connectivity index (χ0v) is 12.7. The van der Waals surface area contributed by atoms with E-state index in [1.54, 1.807) is 30.3 Å². The van der Waals surface area contributed by atoms with Crippen LogP contribution in [-0.2, 0) is 15.0 Å². The first-order chi connectivity index (χ1) is 9.90. The molecule has 21 heavy (non-hydrogen) atoms. The van der Waals surface area contributed by atoms with Gasteiger partial charge in [0.1, 0.15) is 6.04 Å². The summed E-state index contributed by atoms with van der Waals surface area (Å²) in [4.78, 5) is 11.4. The summed E-state index contributed by atoms with van der Waals surface area (Å²) in [6, 6.07) is 7.04. The fraction of sp³-hybridized carbons (Fsp3) is 0.500. The van der Waals surface area contributed by atoms with Gasteiger partial charge in [-0.1, -0.05) is 37.3 Å². The van der Waals surface area contributed by atoms with Crippen molar-refractivity contribution in [2.75, 3.05) is 13.1 Å². The molecule has 0 radical (unpaired) electrons. The standard InChI is InChI=1S/C14H20N2O4S/c1-11-7-9-16(10-8-11)21(19,20)15-13(14(17)18)12-5-3-2-4-6-12/h2-6,11,13,15H,7-10H2,1H3,(H,17,18). The minimum Gasteiger partial charge on any atom is -0.480 e. The van der Waals surface area contributed by atoms with Crippen molar-refractivity contribution < 1.29 is 18.3 Å². The topological polar surface area (TPSA) is 86.7 Å². The van der Waals surface area contributed by atoms with Crippen LogP contribution in [0, 0.1) is 5.92 Å². The summed E-state index contributed by atoms with van der Waals surface area (Å²) in [5, 5.41) is 9.28. The van der Waals surface area contributed by atoms with E-state index in [2.05, 4.69) is 11.6 Å². The van der Waals surface area contributed by atoms with Gasteiger partial charge in [0.05, 0.1) is 0 Å². The van der Waals surface area contributed by atoms with Crippen molar-refractivity contribution in [3.05, 3.63) is 35.9 Å². The van der Waals surface area contributed by atoms with Crippen LogP contribution in [-0.4, -0.2) is 36.9 Å². The second-order valence-corrected chi connectivity index (χ2v) is 7.09. The van der Waals surface area contributed by atoms with Gasteiger partial charge in [-0.15, -0.1) is 0 Å². The molecule has 6 nitrogen and oxygen atoms in total. The first kappa shape index (κ1) is 15.9. The minimum atomic E-state index is -3.80. The third-order valence-corrected chi connectivity index (χ3v) is 5.31. The molecule has 1 atom stereocenters. The molecule has 1 aromatic carbocycles. The Morgan fingerprint density at radius 2 is 1.86 bits per heavy atom. The van der Waals surface area contributed by atoms with Gasteiger partial charge in [0.2, 0.25) is 0 Å². The summed E-state index contributed by atoms with van der Waals surface area (Å²) in [5.74, 6) is -0.712. The molecule has 0 saturated carbocycles. The van der Waals surface area contributed by atoms with Gasteiger partial charge in [-0.25, -0.2) is 0 Å². The van der Waals surface area contributed by atoms with Crippen LogP contribution in [0.5, 0.6) is 0 Å². The van der Waals surface area contributed by atoms with E-state index in [1.165, 1.54) is 4.31 Å². The number of carboxylic acid groups (broad SMARTS) is 1. The molecule has 2 rings (SSSR count). The molecule has 1 aliphatic heterocycles. The maximum atomic E-state index is 12.3.